The van der Waals surface area contributed by atoms with Gasteiger partial charge < -0.3 is 14.7 Å². The van der Waals surface area contributed by atoms with E-state index in [0.29, 0.717) is 11.8 Å². The molecular formula is C18H25NO3. The summed E-state index contributed by atoms with van der Waals surface area (Å²) in [6, 6.07) is 8.13. The number of nitrogens with zero attached hydrogens (tertiary/aromatic N) is 1. The van der Waals surface area contributed by atoms with Crippen molar-refractivity contribution in [2.45, 2.75) is 32.3 Å². The lowest BCUT2D eigenvalue weighted by Gasteiger charge is -2.26. The first-order valence-electron chi connectivity index (χ1n) is 8.31. The van der Waals surface area contributed by atoms with Crippen LogP contribution in [0.5, 0.6) is 0 Å². The Balaban J connectivity index is 1.54. The first kappa shape index (κ1) is 15.5. The van der Waals surface area contributed by atoms with Gasteiger partial charge >= 0.3 is 0 Å². The number of amides is 1. The second-order valence-electron chi connectivity index (χ2n) is 6.51. The molecule has 1 atom stereocenters. The number of rotatable bonds is 4. The van der Waals surface area contributed by atoms with Crippen molar-refractivity contribution >= 4 is 5.91 Å². The molecular weight excluding hydrogens is 278 g/mol. The van der Waals surface area contributed by atoms with Gasteiger partial charge in [-0.25, -0.2) is 0 Å². The zero-order valence-electron chi connectivity index (χ0n) is 13.0. The molecule has 4 nitrogen and oxygen atoms in total. The summed E-state index contributed by atoms with van der Waals surface area (Å²) in [6.45, 7) is 3.30. The van der Waals surface area contributed by atoms with Crippen molar-refractivity contribution in [1.82, 2.24) is 4.90 Å². The van der Waals surface area contributed by atoms with E-state index in [9.17, 15) is 9.90 Å². The highest BCUT2D eigenvalue weighted by molar-refractivity contribution is 5.79. The summed E-state index contributed by atoms with van der Waals surface area (Å²) in [6.07, 6.45) is 3.82. The normalized spacial score (nSPS) is 23.0. The summed E-state index contributed by atoms with van der Waals surface area (Å²) in [5.74, 6) is 1.04. The summed E-state index contributed by atoms with van der Waals surface area (Å²) < 4.78 is 5.34. The van der Waals surface area contributed by atoms with E-state index in [1.807, 2.05) is 12.1 Å². The Morgan fingerprint density at radius 3 is 2.77 bits per heavy atom. The first-order valence-corrected chi connectivity index (χ1v) is 8.31. The third kappa shape index (κ3) is 3.68. The van der Waals surface area contributed by atoms with Crippen LogP contribution in [0, 0.1) is 11.8 Å². The number of hydrogen-bond donors (Lipinski definition) is 1. The fourth-order valence-electron chi connectivity index (χ4n) is 3.59. The van der Waals surface area contributed by atoms with Gasteiger partial charge in [-0.2, -0.15) is 0 Å². The number of carbonyl (C=O) groups excluding carboxylic acids is 1. The number of ether oxygens (including phenoxy) is 1. The molecule has 0 aliphatic carbocycles. The molecule has 2 fully saturated rings. The van der Waals surface area contributed by atoms with E-state index in [2.05, 4.69) is 17.0 Å². The third-order valence-corrected chi connectivity index (χ3v) is 4.87. The summed E-state index contributed by atoms with van der Waals surface area (Å²) in [5.41, 5.74) is 2.22. The van der Waals surface area contributed by atoms with Gasteiger partial charge in [-0.3, -0.25) is 4.79 Å². The van der Waals surface area contributed by atoms with Crippen molar-refractivity contribution in [3.63, 3.8) is 0 Å². The van der Waals surface area contributed by atoms with E-state index in [1.165, 1.54) is 5.56 Å². The molecule has 1 aromatic rings. The van der Waals surface area contributed by atoms with Crippen LogP contribution in [-0.2, 0) is 22.6 Å². The molecule has 0 radical (unpaired) electrons. The Bertz CT molecular complexity index is 511. The number of benzene rings is 1. The standard InChI is InChI=1S/C18H25NO3/c20-13-16-3-1-2-14(11-16)10-15-4-7-19(12-15)18(21)17-5-8-22-9-6-17/h1-3,11,15,17,20H,4-10,12-13H2. The van der Waals surface area contributed by atoms with Crippen LogP contribution >= 0.6 is 0 Å². The van der Waals surface area contributed by atoms with Crippen LogP contribution in [-0.4, -0.2) is 42.2 Å². The molecule has 0 saturated carbocycles. The topological polar surface area (TPSA) is 49.8 Å². The van der Waals surface area contributed by atoms with Crippen molar-refractivity contribution in [2.75, 3.05) is 26.3 Å². The minimum absolute atomic E-state index is 0.0901. The van der Waals surface area contributed by atoms with E-state index in [1.54, 1.807) is 0 Å². The van der Waals surface area contributed by atoms with Gasteiger partial charge in [0.1, 0.15) is 0 Å². The lowest BCUT2D eigenvalue weighted by molar-refractivity contribution is -0.137. The highest BCUT2D eigenvalue weighted by atomic mass is 16.5. The fourth-order valence-corrected chi connectivity index (χ4v) is 3.59. The SMILES string of the molecule is O=C(C1CCOCC1)N1CCC(Cc2cccc(CO)c2)C1. The minimum atomic E-state index is 0.0901. The Labute approximate surface area is 132 Å². The molecule has 1 amide bonds. The van der Waals surface area contributed by atoms with Crippen LogP contribution in [0.2, 0.25) is 0 Å². The molecule has 4 heteroatoms. The summed E-state index contributed by atoms with van der Waals surface area (Å²) in [7, 11) is 0. The van der Waals surface area contributed by atoms with Gasteiger partial charge in [0, 0.05) is 32.2 Å². The van der Waals surface area contributed by atoms with Gasteiger partial charge in [-0.1, -0.05) is 24.3 Å². The van der Waals surface area contributed by atoms with E-state index >= 15 is 0 Å². The maximum atomic E-state index is 12.5. The second-order valence-corrected chi connectivity index (χ2v) is 6.51. The molecule has 120 valence electrons. The van der Waals surface area contributed by atoms with Crippen molar-refractivity contribution in [3.05, 3.63) is 35.4 Å². The number of hydrogen-bond acceptors (Lipinski definition) is 3. The van der Waals surface area contributed by atoms with E-state index in [0.717, 1.165) is 57.6 Å². The van der Waals surface area contributed by atoms with Crippen molar-refractivity contribution in [3.8, 4) is 0 Å². The summed E-state index contributed by atoms with van der Waals surface area (Å²) in [4.78, 5) is 14.6. The van der Waals surface area contributed by atoms with Crippen LogP contribution in [0.25, 0.3) is 0 Å². The Morgan fingerprint density at radius 2 is 2.00 bits per heavy atom. The van der Waals surface area contributed by atoms with E-state index in [4.69, 9.17) is 4.74 Å². The molecule has 0 bridgehead atoms. The smallest absolute Gasteiger partial charge is 0.225 e. The molecule has 1 aromatic carbocycles. The van der Waals surface area contributed by atoms with E-state index in [-0.39, 0.29) is 12.5 Å². The molecule has 1 unspecified atom stereocenters. The zero-order chi connectivity index (χ0) is 15.4. The number of aliphatic hydroxyl groups excluding tert-OH is 1. The molecule has 0 aromatic heterocycles. The molecule has 1 N–H and O–H groups in total. The predicted octanol–water partition coefficient (Wildman–Crippen LogP) is 2.00. The monoisotopic (exact) mass is 303 g/mol. The number of aliphatic hydroxyl groups is 1. The first-order chi connectivity index (χ1) is 10.8. The van der Waals surface area contributed by atoms with E-state index < -0.39 is 0 Å². The second kappa shape index (κ2) is 7.25. The largest absolute Gasteiger partial charge is 0.392 e. The molecule has 2 aliphatic rings. The van der Waals surface area contributed by atoms with Gasteiger partial charge in [-0.15, -0.1) is 0 Å². The van der Waals surface area contributed by atoms with Gasteiger partial charge in [0.05, 0.1) is 6.61 Å². The van der Waals surface area contributed by atoms with Crippen LogP contribution < -0.4 is 0 Å². The summed E-state index contributed by atoms with van der Waals surface area (Å²) in [5, 5.41) is 9.22. The maximum Gasteiger partial charge on any atom is 0.225 e. The van der Waals surface area contributed by atoms with Crippen LogP contribution in [0.15, 0.2) is 24.3 Å². The molecule has 0 spiro atoms. The lowest BCUT2D eigenvalue weighted by atomic mass is 9.97. The van der Waals surface area contributed by atoms with Crippen molar-refractivity contribution < 1.29 is 14.6 Å². The average molecular weight is 303 g/mol. The average Bonchev–Trinajstić information content (AvgIpc) is 3.03. The van der Waals surface area contributed by atoms with Gasteiger partial charge in [-0.05, 0) is 42.7 Å². The highest BCUT2D eigenvalue weighted by Gasteiger charge is 2.31. The number of likely N-dealkylation sites (tertiary alicyclic amines) is 1. The van der Waals surface area contributed by atoms with Crippen LogP contribution in [0.1, 0.15) is 30.4 Å². The minimum Gasteiger partial charge on any atom is -0.392 e. The maximum absolute atomic E-state index is 12.5. The predicted molar refractivity (Wildman–Crippen MR) is 84.3 cm³/mol. The van der Waals surface area contributed by atoms with Gasteiger partial charge in [0.2, 0.25) is 5.91 Å². The number of carbonyl (C=O) groups is 1. The highest BCUT2D eigenvalue weighted by Crippen LogP contribution is 2.25. The van der Waals surface area contributed by atoms with Crippen molar-refractivity contribution in [2.24, 2.45) is 11.8 Å². The third-order valence-electron chi connectivity index (χ3n) is 4.87. The fraction of sp³-hybridized carbons (Fsp3) is 0.611. The lowest BCUT2D eigenvalue weighted by Crippen LogP contribution is -2.37. The molecule has 3 rings (SSSR count). The molecule has 2 aliphatic heterocycles. The van der Waals surface area contributed by atoms with Crippen LogP contribution in [0.4, 0.5) is 0 Å². The quantitative estimate of drug-likeness (QED) is 0.925. The molecule has 2 saturated heterocycles. The Kier molecular flexibility index (Phi) is 5.11. The van der Waals surface area contributed by atoms with Gasteiger partial charge in [0.15, 0.2) is 0 Å². The summed E-state index contributed by atoms with van der Waals surface area (Å²) >= 11 is 0. The zero-order valence-corrected chi connectivity index (χ0v) is 13.0. The Hall–Kier alpha value is -1.39. The molecule has 22 heavy (non-hydrogen) atoms. The molecule has 2 heterocycles. The Morgan fingerprint density at radius 1 is 1.23 bits per heavy atom. The van der Waals surface area contributed by atoms with Crippen molar-refractivity contribution in [1.29, 1.82) is 0 Å². The van der Waals surface area contributed by atoms with Gasteiger partial charge in [0.25, 0.3) is 0 Å². The van der Waals surface area contributed by atoms with Crippen LogP contribution in [0.3, 0.4) is 0 Å².